The average Bonchev–Trinajstić information content (AvgIpc) is 2.64. The Morgan fingerprint density at radius 2 is 1.67 bits per heavy atom. The number of hydrogen-bond acceptors (Lipinski definition) is 5. The molecule has 1 aliphatic heterocycles. The molecule has 0 saturated heterocycles. The lowest BCUT2D eigenvalue weighted by Gasteiger charge is -2.01. The minimum absolute atomic E-state index is 0.0116. The molecule has 0 bridgehead atoms. The zero-order valence-corrected chi connectivity index (χ0v) is 9.98. The molecule has 18 heavy (non-hydrogen) atoms. The molecule has 0 radical (unpaired) electrons. The summed E-state index contributed by atoms with van der Waals surface area (Å²) in [7, 11) is 0. The van der Waals surface area contributed by atoms with Crippen LogP contribution in [0.4, 0.5) is 0 Å². The van der Waals surface area contributed by atoms with Crippen LogP contribution in [0.15, 0.2) is 36.0 Å². The van der Waals surface area contributed by atoms with Gasteiger partial charge in [0.15, 0.2) is 0 Å². The number of rotatable bonds is 1. The predicted molar refractivity (Wildman–Crippen MR) is 69.2 cm³/mol. The number of phenols is 1. The van der Waals surface area contributed by atoms with E-state index in [1.54, 1.807) is 17.6 Å². The summed E-state index contributed by atoms with van der Waals surface area (Å²) >= 11 is 1.27. The van der Waals surface area contributed by atoms with Gasteiger partial charge in [0, 0.05) is 6.20 Å². The van der Waals surface area contributed by atoms with E-state index in [1.165, 1.54) is 29.7 Å². The molecule has 0 atom stereocenters. The Labute approximate surface area is 107 Å². The number of hydrogen-bond donors (Lipinski definition) is 3. The molecule has 0 saturated carbocycles. The lowest BCUT2D eigenvalue weighted by molar-refractivity contribution is 0.466. The molecule has 4 nitrogen and oxygen atoms in total. The van der Waals surface area contributed by atoms with Gasteiger partial charge in [0.05, 0.1) is 21.5 Å². The second-order valence-corrected chi connectivity index (χ2v) is 4.72. The van der Waals surface area contributed by atoms with E-state index >= 15 is 0 Å². The lowest BCUT2D eigenvalue weighted by atomic mass is 10.1. The van der Waals surface area contributed by atoms with Gasteiger partial charge in [-0.25, -0.2) is 0 Å². The minimum Gasteiger partial charge on any atom is -0.508 e. The van der Waals surface area contributed by atoms with E-state index < -0.39 is 0 Å². The fourth-order valence-electron chi connectivity index (χ4n) is 1.92. The first-order valence-corrected chi connectivity index (χ1v) is 6.12. The molecule has 3 rings (SSSR count). The molecular weight excluding hydrogens is 250 g/mol. The second-order valence-electron chi connectivity index (χ2n) is 3.86. The third kappa shape index (κ3) is 1.48. The summed E-state index contributed by atoms with van der Waals surface area (Å²) in [6, 6.07) is 6.29. The van der Waals surface area contributed by atoms with Gasteiger partial charge in [0.2, 0.25) is 0 Å². The Bertz CT molecular complexity index is 639. The average molecular weight is 259 g/mol. The Morgan fingerprint density at radius 1 is 0.944 bits per heavy atom. The van der Waals surface area contributed by atoms with Crippen molar-refractivity contribution in [2.24, 2.45) is 0 Å². The van der Waals surface area contributed by atoms with Crippen molar-refractivity contribution in [1.82, 2.24) is 4.98 Å². The first-order chi connectivity index (χ1) is 8.68. The molecule has 5 heteroatoms. The lowest BCUT2D eigenvalue weighted by Crippen LogP contribution is -1.74. The van der Waals surface area contributed by atoms with Crippen LogP contribution in [0.5, 0.6) is 17.2 Å². The smallest absolute Gasteiger partial charge is 0.145 e. The van der Waals surface area contributed by atoms with Crippen LogP contribution in [0.25, 0.3) is 21.6 Å². The SMILES string of the molecule is Oc1ccc(-c2c(O)c3cncsc-3c2O)cc1. The number of nitrogens with zero attached hydrogens (tertiary/aromatic N) is 1. The Balaban J connectivity index is 2.29. The molecule has 2 aliphatic rings. The van der Waals surface area contributed by atoms with Gasteiger partial charge in [-0.05, 0) is 17.7 Å². The first-order valence-electron chi connectivity index (χ1n) is 5.24. The van der Waals surface area contributed by atoms with Crippen LogP contribution >= 0.6 is 11.3 Å². The largest absolute Gasteiger partial charge is 0.508 e. The van der Waals surface area contributed by atoms with Crippen molar-refractivity contribution in [3.05, 3.63) is 36.0 Å². The molecule has 0 aromatic heterocycles. The summed E-state index contributed by atoms with van der Waals surface area (Å²) in [6.45, 7) is 0. The molecule has 1 aliphatic carbocycles. The van der Waals surface area contributed by atoms with Crippen molar-refractivity contribution in [1.29, 1.82) is 0 Å². The fourth-order valence-corrected chi connectivity index (χ4v) is 2.64. The van der Waals surface area contributed by atoms with Gasteiger partial charge >= 0.3 is 0 Å². The van der Waals surface area contributed by atoms with Crippen LogP contribution in [0.1, 0.15) is 0 Å². The van der Waals surface area contributed by atoms with Crippen molar-refractivity contribution in [3.8, 4) is 38.8 Å². The maximum absolute atomic E-state index is 10.2. The number of benzene rings is 1. The van der Waals surface area contributed by atoms with Crippen LogP contribution in [-0.4, -0.2) is 20.3 Å². The molecule has 0 unspecified atom stereocenters. The molecular formula is C13H9NO3S. The highest BCUT2D eigenvalue weighted by Gasteiger charge is 2.24. The maximum atomic E-state index is 10.2. The van der Waals surface area contributed by atoms with Gasteiger partial charge in [-0.1, -0.05) is 12.1 Å². The van der Waals surface area contributed by atoms with Gasteiger partial charge in [-0.3, -0.25) is 4.98 Å². The van der Waals surface area contributed by atoms with Crippen molar-refractivity contribution in [2.75, 3.05) is 0 Å². The molecule has 1 heterocycles. The highest BCUT2D eigenvalue weighted by atomic mass is 32.1. The summed E-state index contributed by atoms with van der Waals surface area (Å²) in [4.78, 5) is 4.55. The summed E-state index contributed by atoms with van der Waals surface area (Å²) in [6.07, 6.45) is 1.52. The van der Waals surface area contributed by atoms with Crippen LogP contribution < -0.4 is 0 Å². The molecule has 0 amide bonds. The van der Waals surface area contributed by atoms with Crippen LogP contribution in [0, 0.1) is 0 Å². The first kappa shape index (κ1) is 10.9. The monoisotopic (exact) mass is 259 g/mol. The molecule has 1 aromatic rings. The van der Waals surface area contributed by atoms with Crippen molar-refractivity contribution in [2.45, 2.75) is 0 Å². The fraction of sp³-hybridized carbons (Fsp3) is 0. The third-order valence-corrected chi connectivity index (χ3v) is 3.66. The number of phenolic OH excluding ortho intramolecular Hbond substituents is 1. The predicted octanol–water partition coefficient (Wildman–Crippen LogP) is 3.03. The van der Waals surface area contributed by atoms with Gasteiger partial charge in [-0.2, -0.15) is 0 Å². The number of aromatic hydroxyl groups is 3. The maximum Gasteiger partial charge on any atom is 0.145 e. The summed E-state index contributed by atoms with van der Waals surface area (Å²) < 4.78 is 0. The van der Waals surface area contributed by atoms with Gasteiger partial charge in [0.1, 0.15) is 17.2 Å². The second kappa shape index (κ2) is 3.89. The molecule has 3 N–H and O–H groups in total. The van der Waals surface area contributed by atoms with Gasteiger partial charge in [0.25, 0.3) is 0 Å². The normalized spacial score (nSPS) is 10.9. The quantitative estimate of drug-likeness (QED) is 0.628. The molecule has 0 spiro atoms. The Hall–Kier alpha value is -2.27. The molecule has 90 valence electrons. The van der Waals surface area contributed by atoms with E-state index in [2.05, 4.69) is 4.98 Å². The van der Waals surface area contributed by atoms with E-state index in [9.17, 15) is 15.3 Å². The summed E-state index contributed by atoms with van der Waals surface area (Å²) in [5.74, 6) is 0.191. The Kier molecular flexibility index (Phi) is 2.34. The summed E-state index contributed by atoms with van der Waals surface area (Å²) in [5, 5.41) is 29.5. The zero-order valence-electron chi connectivity index (χ0n) is 9.16. The minimum atomic E-state index is 0.0116. The molecule has 1 aromatic carbocycles. The van der Waals surface area contributed by atoms with E-state index in [1.807, 2.05) is 0 Å². The van der Waals surface area contributed by atoms with E-state index in [0.717, 1.165) is 0 Å². The third-order valence-electron chi connectivity index (χ3n) is 2.78. The summed E-state index contributed by atoms with van der Waals surface area (Å²) in [5.41, 5.74) is 3.14. The molecule has 0 fully saturated rings. The standard InChI is InChI=1S/C13H9NO3S/c15-8-3-1-7(2-4-8)10-11(16)9-5-14-6-18-13(9)12(10)17/h1-6,15-17H. The highest BCUT2D eigenvalue weighted by molar-refractivity contribution is 7.13. The van der Waals surface area contributed by atoms with E-state index in [4.69, 9.17) is 0 Å². The topological polar surface area (TPSA) is 73.6 Å². The number of fused-ring (bicyclic) bond motifs is 1. The van der Waals surface area contributed by atoms with Crippen LogP contribution in [-0.2, 0) is 0 Å². The zero-order chi connectivity index (χ0) is 12.7. The van der Waals surface area contributed by atoms with Crippen molar-refractivity contribution >= 4 is 11.3 Å². The Morgan fingerprint density at radius 3 is 2.33 bits per heavy atom. The van der Waals surface area contributed by atoms with Crippen LogP contribution in [0.3, 0.4) is 0 Å². The van der Waals surface area contributed by atoms with Crippen LogP contribution in [0.2, 0.25) is 0 Å². The van der Waals surface area contributed by atoms with E-state index in [0.29, 0.717) is 21.6 Å². The van der Waals surface area contributed by atoms with Crippen molar-refractivity contribution < 1.29 is 15.3 Å². The highest BCUT2D eigenvalue weighted by Crippen LogP contribution is 2.52. The van der Waals surface area contributed by atoms with Crippen molar-refractivity contribution in [3.63, 3.8) is 0 Å². The van der Waals surface area contributed by atoms with Gasteiger partial charge < -0.3 is 15.3 Å². The number of aromatic nitrogens is 1. The van der Waals surface area contributed by atoms with Gasteiger partial charge in [-0.15, -0.1) is 11.3 Å². The van der Waals surface area contributed by atoms with E-state index in [-0.39, 0.29) is 17.2 Å².